The summed E-state index contributed by atoms with van der Waals surface area (Å²) in [6.07, 6.45) is 0.189. The number of aromatic nitrogens is 1. The highest BCUT2D eigenvalue weighted by molar-refractivity contribution is 5.83. The van der Waals surface area contributed by atoms with E-state index in [0.29, 0.717) is 30.5 Å². The Balaban J connectivity index is 1.81. The Kier molecular flexibility index (Phi) is 7.01. The average molecular weight is 373 g/mol. The molecule has 0 radical (unpaired) electrons. The molecule has 0 aliphatic heterocycles. The highest BCUT2D eigenvalue weighted by atomic mass is 16.6. The van der Waals surface area contributed by atoms with Gasteiger partial charge in [0.15, 0.2) is 0 Å². The summed E-state index contributed by atoms with van der Waals surface area (Å²) in [5.41, 5.74) is 7.74. The van der Waals surface area contributed by atoms with Crippen LogP contribution in [0.2, 0.25) is 0 Å². The number of amides is 1. The number of nitrogens with one attached hydrogen (secondary N) is 1. The average Bonchev–Trinajstić information content (AvgIpc) is 2.57. The topological polar surface area (TPSA) is 95.7 Å². The van der Waals surface area contributed by atoms with Gasteiger partial charge in [-0.25, -0.2) is 9.78 Å². The Morgan fingerprint density at radius 2 is 2.00 bits per heavy atom. The SMILES string of the molecule is COc1ccc(CCOCc2cccc(NC(=O)OC(C)(C)C)n2)cc1N. The summed E-state index contributed by atoms with van der Waals surface area (Å²) in [5.74, 6) is 1.09. The molecular formula is C20H27N3O4. The number of hydrogen-bond donors (Lipinski definition) is 2. The molecule has 0 saturated heterocycles. The highest BCUT2D eigenvalue weighted by Gasteiger charge is 2.16. The lowest BCUT2D eigenvalue weighted by Crippen LogP contribution is -2.27. The van der Waals surface area contributed by atoms with Gasteiger partial charge in [0.25, 0.3) is 0 Å². The van der Waals surface area contributed by atoms with E-state index in [9.17, 15) is 4.79 Å². The van der Waals surface area contributed by atoms with Crippen molar-refractivity contribution in [3.8, 4) is 5.75 Å². The number of methoxy groups -OCH3 is 1. The van der Waals surface area contributed by atoms with E-state index in [1.54, 1.807) is 33.9 Å². The van der Waals surface area contributed by atoms with E-state index in [1.807, 2.05) is 30.3 Å². The number of benzene rings is 1. The lowest BCUT2D eigenvalue weighted by atomic mass is 10.1. The van der Waals surface area contributed by atoms with Crippen molar-refractivity contribution in [2.24, 2.45) is 0 Å². The van der Waals surface area contributed by atoms with E-state index < -0.39 is 11.7 Å². The first-order chi connectivity index (χ1) is 12.8. The summed E-state index contributed by atoms with van der Waals surface area (Å²) in [6, 6.07) is 11.0. The fourth-order valence-corrected chi connectivity index (χ4v) is 2.34. The molecule has 3 N–H and O–H groups in total. The van der Waals surface area contributed by atoms with E-state index >= 15 is 0 Å². The molecule has 27 heavy (non-hydrogen) atoms. The number of hydrogen-bond acceptors (Lipinski definition) is 6. The first-order valence-corrected chi connectivity index (χ1v) is 8.73. The zero-order chi connectivity index (χ0) is 19.9. The Hall–Kier alpha value is -2.80. The first kappa shape index (κ1) is 20.5. The predicted octanol–water partition coefficient (Wildman–Crippen LogP) is 3.78. The molecule has 2 rings (SSSR count). The quantitative estimate of drug-likeness (QED) is 0.566. The second-order valence-electron chi connectivity index (χ2n) is 7.02. The third kappa shape index (κ3) is 7.15. The van der Waals surface area contributed by atoms with Gasteiger partial charge in [-0.1, -0.05) is 12.1 Å². The van der Waals surface area contributed by atoms with E-state index in [0.717, 1.165) is 17.7 Å². The van der Waals surface area contributed by atoms with Crippen LogP contribution in [0.3, 0.4) is 0 Å². The monoisotopic (exact) mass is 373 g/mol. The summed E-state index contributed by atoms with van der Waals surface area (Å²) in [7, 11) is 1.59. The third-order valence-corrected chi connectivity index (χ3v) is 3.51. The summed E-state index contributed by atoms with van der Waals surface area (Å²) >= 11 is 0. The van der Waals surface area contributed by atoms with Crippen LogP contribution in [0.4, 0.5) is 16.3 Å². The van der Waals surface area contributed by atoms with Gasteiger partial charge in [-0.05, 0) is 57.0 Å². The number of carbonyl (C=O) groups excluding carboxylic acids is 1. The predicted molar refractivity (Wildman–Crippen MR) is 105 cm³/mol. The molecule has 0 saturated carbocycles. The van der Waals surface area contributed by atoms with Crippen LogP contribution in [0.25, 0.3) is 0 Å². The van der Waals surface area contributed by atoms with Crippen molar-refractivity contribution < 1.29 is 19.0 Å². The molecule has 7 nitrogen and oxygen atoms in total. The maximum atomic E-state index is 11.8. The van der Waals surface area contributed by atoms with Gasteiger partial charge < -0.3 is 19.9 Å². The molecule has 0 fully saturated rings. The van der Waals surface area contributed by atoms with Crippen molar-refractivity contribution in [1.82, 2.24) is 4.98 Å². The normalized spacial score (nSPS) is 11.1. The molecule has 0 aliphatic rings. The number of carbonyl (C=O) groups is 1. The van der Waals surface area contributed by atoms with Crippen molar-refractivity contribution in [3.05, 3.63) is 47.7 Å². The maximum Gasteiger partial charge on any atom is 0.413 e. The molecule has 0 atom stereocenters. The van der Waals surface area contributed by atoms with E-state index in [1.165, 1.54) is 0 Å². The molecule has 0 spiro atoms. The van der Waals surface area contributed by atoms with Crippen molar-refractivity contribution >= 4 is 17.6 Å². The maximum absolute atomic E-state index is 11.8. The summed E-state index contributed by atoms with van der Waals surface area (Å²) in [6.45, 7) is 6.29. The smallest absolute Gasteiger partial charge is 0.413 e. The molecule has 1 aromatic carbocycles. The third-order valence-electron chi connectivity index (χ3n) is 3.51. The lowest BCUT2D eigenvalue weighted by Gasteiger charge is -2.19. The summed E-state index contributed by atoms with van der Waals surface area (Å²) in [4.78, 5) is 16.2. The van der Waals surface area contributed by atoms with Crippen molar-refractivity contribution in [2.75, 3.05) is 24.8 Å². The Morgan fingerprint density at radius 3 is 2.67 bits per heavy atom. The molecule has 1 aromatic heterocycles. The van der Waals surface area contributed by atoms with Gasteiger partial charge in [0.1, 0.15) is 17.2 Å². The number of ether oxygens (including phenoxy) is 3. The van der Waals surface area contributed by atoms with Crippen molar-refractivity contribution in [2.45, 2.75) is 39.4 Å². The minimum atomic E-state index is -0.560. The second-order valence-corrected chi connectivity index (χ2v) is 7.02. The molecule has 0 aliphatic carbocycles. The van der Waals surface area contributed by atoms with Gasteiger partial charge in [-0.2, -0.15) is 0 Å². The van der Waals surface area contributed by atoms with Gasteiger partial charge in [-0.3, -0.25) is 5.32 Å². The number of pyridine rings is 1. The molecule has 7 heteroatoms. The lowest BCUT2D eigenvalue weighted by molar-refractivity contribution is 0.0635. The fourth-order valence-electron chi connectivity index (χ4n) is 2.34. The first-order valence-electron chi connectivity index (χ1n) is 8.73. The number of anilines is 2. The Morgan fingerprint density at radius 1 is 1.22 bits per heavy atom. The Labute approximate surface area is 159 Å². The molecule has 146 valence electrons. The standard InChI is InChI=1S/C20H27N3O4/c1-20(2,3)27-19(24)23-18-7-5-6-15(22-18)13-26-11-10-14-8-9-17(25-4)16(21)12-14/h5-9,12H,10-11,13,21H2,1-4H3,(H,22,23,24). The zero-order valence-electron chi connectivity index (χ0n) is 16.2. The Bertz CT molecular complexity index is 772. The van der Waals surface area contributed by atoms with Crippen LogP contribution in [-0.4, -0.2) is 30.4 Å². The molecule has 0 bridgehead atoms. The van der Waals surface area contributed by atoms with Crippen molar-refractivity contribution in [3.63, 3.8) is 0 Å². The molecule has 1 amide bonds. The van der Waals surface area contributed by atoms with E-state index in [-0.39, 0.29) is 0 Å². The second kappa shape index (κ2) is 9.23. The van der Waals surface area contributed by atoms with E-state index in [4.69, 9.17) is 19.9 Å². The van der Waals surface area contributed by atoms with Crippen LogP contribution < -0.4 is 15.8 Å². The van der Waals surface area contributed by atoms with Gasteiger partial charge in [-0.15, -0.1) is 0 Å². The van der Waals surface area contributed by atoms with Crippen LogP contribution in [0, 0.1) is 0 Å². The number of nitrogen functional groups attached to an aromatic ring is 1. The van der Waals surface area contributed by atoms with Crippen LogP contribution >= 0.6 is 0 Å². The number of rotatable bonds is 7. The molecule has 0 unspecified atom stereocenters. The number of nitrogens with zero attached hydrogens (tertiary/aromatic N) is 1. The minimum absolute atomic E-state index is 0.343. The van der Waals surface area contributed by atoms with Crippen LogP contribution in [-0.2, 0) is 22.5 Å². The van der Waals surface area contributed by atoms with Gasteiger partial charge >= 0.3 is 6.09 Å². The molecule has 1 heterocycles. The van der Waals surface area contributed by atoms with Gasteiger partial charge in [0, 0.05) is 0 Å². The largest absolute Gasteiger partial charge is 0.495 e. The van der Waals surface area contributed by atoms with Gasteiger partial charge in [0.05, 0.1) is 31.7 Å². The van der Waals surface area contributed by atoms with E-state index in [2.05, 4.69) is 10.3 Å². The zero-order valence-corrected chi connectivity index (χ0v) is 16.2. The number of nitrogens with two attached hydrogens (primary N) is 1. The minimum Gasteiger partial charge on any atom is -0.495 e. The summed E-state index contributed by atoms with van der Waals surface area (Å²) in [5, 5.41) is 2.62. The highest BCUT2D eigenvalue weighted by Crippen LogP contribution is 2.22. The van der Waals surface area contributed by atoms with Crippen LogP contribution in [0.1, 0.15) is 32.0 Å². The summed E-state index contributed by atoms with van der Waals surface area (Å²) < 4.78 is 16.0. The van der Waals surface area contributed by atoms with Crippen LogP contribution in [0.15, 0.2) is 36.4 Å². The molecular weight excluding hydrogens is 346 g/mol. The van der Waals surface area contributed by atoms with Crippen molar-refractivity contribution in [1.29, 1.82) is 0 Å². The fraction of sp³-hybridized carbons (Fsp3) is 0.400. The van der Waals surface area contributed by atoms with Gasteiger partial charge in [0.2, 0.25) is 0 Å². The van der Waals surface area contributed by atoms with Crippen LogP contribution in [0.5, 0.6) is 5.75 Å². The molecule has 2 aromatic rings.